The molecule has 18 heteroatoms. The van der Waals surface area contributed by atoms with Gasteiger partial charge < -0.3 is 20.8 Å². The molecule has 2 amide bonds. The number of rotatable bonds is 4. The van der Waals surface area contributed by atoms with E-state index in [9.17, 15) is 19.2 Å². The fourth-order valence-electron chi connectivity index (χ4n) is 5.11. The van der Waals surface area contributed by atoms with Crippen LogP contribution in [0.5, 0.6) is 0 Å². The van der Waals surface area contributed by atoms with Crippen molar-refractivity contribution >= 4 is 59.0 Å². The molecule has 0 bridgehead atoms. The minimum atomic E-state index is -0.831. The molecule has 5 unspecified atom stereocenters. The van der Waals surface area contributed by atoms with E-state index >= 15 is 0 Å². The molecule has 7 aliphatic heterocycles. The number of amides is 2. The molecule has 7 rings (SSSR count). The van der Waals surface area contributed by atoms with Crippen LogP contribution in [-0.4, -0.2) is 124 Å². The van der Waals surface area contributed by atoms with Crippen molar-refractivity contribution in [1.82, 2.24) is 35.6 Å². The van der Waals surface area contributed by atoms with E-state index in [2.05, 4.69) is 23.0 Å². The van der Waals surface area contributed by atoms with Crippen LogP contribution in [0.3, 0.4) is 0 Å². The largest absolute Gasteiger partial charge is 0.480 e. The molecule has 0 aromatic carbocycles. The van der Waals surface area contributed by atoms with E-state index < -0.39 is 39.0 Å². The Balaban J connectivity index is 0.000000190. The predicted molar refractivity (Wildman–Crippen MR) is 130 cm³/mol. The zero-order chi connectivity index (χ0) is 24.0. The van der Waals surface area contributed by atoms with Crippen molar-refractivity contribution in [2.45, 2.75) is 40.5 Å². The molecule has 2 radical (unpaired) electrons. The Hall–Kier alpha value is -0.101. The summed E-state index contributed by atoms with van der Waals surface area (Å²) >= 11 is 4.70. The normalized spacial score (nSPS) is 40.3. The second kappa shape index (κ2) is 10.7. The second-order valence-corrected chi connectivity index (χ2v) is 12.7. The van der Waals surface area contributed by atoms with E-state index in [-0.39, 0.29) is 62.4 Å². The third-order valence-corrected chi connectivity index (χ3v) is 12.0. The minimum absolute atomic E-state index is 0. The molecule has 0 aromatic heterocycles. The van der Waals surface area contributed by atoms with E-state index in [4.69, 9.17) is 10.2 Å². The van der Waals surface area contributed by atoms with Crippen molar-refractivity contribution in [3.63, 3.8) is 0 Å². The number of carbonyl (C=O) groups is 4. The van der Waals surface area contributed by atoms with Crippen molar-refractivity contribution in [1.29, 1.82) is 0 Å². The first-order chi connectivity index (χ1) is 16.2. The molecule has 204 valence electrons. The number of carboxylic acids is 2. The van der Waals surface area contributed by atoms with Crippen LogP contribution >= 0.6 is 35.3 Å². The van der Waals surface area contributed by atoms with Gasteiger partial charge in [-0.2, -0.15) is 0 Å². The average Bonchev–Trinajstić information content (AvgIpc) is 3.39. The molecular formula is C19H27N7O6S3V2-2. The number of hydrogen-bond acceptors (Lipinski definition) is 12. The van der Waals surface area contributed by atoms with Crippen LogP contribution in [0.15, 0.2) is 0 Å². The maximum atomic E-state index is 12.2. The van der Waals surface area contributed by atoms with Gasteiger partial charge in [0, 0.05) is 48.6 Å². The summed E-state index contributed by atoms with van der Waals surface area (Å²) in [5, 5.41) is 26.5. The molecule has 7 saturated heterocycles. The second-order valence-electron chi connectivity index (χ2n) is 8.91. The maximum absolute atomic E-state index is 12.2. The molecule has 0 saturated carbocycles. The Morgan fingerprint density at radius 3 is 2.24 bits per heavy atom. The SMILES string of the molecule is C.O=C(O)C1CS[C@]23SCC4([CH-]N4)C(=O)N2CN13.[CH2-]NCC1NC23SCC(C(=O)O)N2CN3C1=O.[V].[V]. The van der Waals surface area contributed by atoms with Crippen LogP contribution in [-0.2, 0) is 56.3 Å². The van der Waals surface area contributed by atoms with Crippen molar-refractivity contribution in [3.8, 4) is 0 Å². The summed E-state index contributed by atoms with van der Waals surface area (Å²) in [5.41, 5.74) is -0.454. The van der Waals surface area contributed by atoms with Gasteiger partial charge in [0.05, 0.1) is 13.3 Å². The van der Waals surface area contributed by atoms with Gasteiger partial charge in [-0.1, -0.05) is 19.2 Å². The summed E-state index contributed by atoms with van der Waals surface area (Å²) in [5.74, 6) is 0.216. The van der Waals surface area contributed by atoms with Gasteiger partial charge in [0.15, 0.2) is 4.33 Å². The zero-order valence-corrected chi connectivity index (χ0v) is 23.9. The molecule has 7 fully saturated rings. The van der Waals surface area contributed by atoms with Crippen LogP contribution in [0.4, 0.5) is 0 Å². The molecule has 0 aliphatic carbocycles. The van der Waals surface area contributed by atoms with Crippen molar-refractivity contribution in [3.05, 3.63) is 13.6 Å². The van der Waals surface area contributed by atoms with Crippen LogP contribution < -0.4 is 16.0 Å². The van der Waals surface area contributed by atoms with Crippen LogP contribution in [0.25, 0.3) is 0 Å². The van der Waals surface area contributed by atoms with Gasteiger partial charge in [0.1, 0.15) is 18.1 Å². The Morgan fingerprint density at radius 2 is 1.65 bits per heavy atom. The van der Waals surface area contributed by atoms with Gasteiger partial charge in [0.2, 0.25) is 16.9 Å². The van der Waals surface area contributed by atoms with Crippen molar-refractivity contribution in [2.75, 3.05) is 37.1 Å². The zero-order valence-electron chi connectivity index (χ0n) is 18.7. The third-order valence-electron chi connectivity index (χ3n) is 7.12. The van der Waals surface area contributed by atoms with Crippen molar-refractivity contribution < 1.29 is 66.5 Å². The minimum Gasteiger partial charge on any atom is -0.480 e. The van der Waals surface area contributed by atoms with Crippen LogP contribution in [0, 0.1) is 13.6 Å². The maximum Gasteiger partial charge on any atom is 0.321 e. The summed E-state index contributed by atoms with van der Waals surface area (Å²) < 4.78 is -0.441. The standard InChI is InChI=1S/C9H13N4O3S.C9H10N3O3S2.CH4.2V/c1-10-2-5-7(14)13-4-12-6(8(15)16)3-17-9(12,13)11-5;13-6(14)5-1-16-9-11(5)4-12(9)7(15)8(2-10-8)3-17-9;;;/h5-6,10-11H,1-4H2,(H,15,16);2,5,10H,1,3-4H2,(H,13,14);1H4;;/q2*-1;;;/t;5?,8?,9-;;;/m.1.../s1. The molecule has 13 nitrogen and oxygen atoms in total. The van der Waals surface area contributed by atoms with Gasteiger partial charge in [-0.05, 0) is 17.8 Å². The number of nitrogens with one attached hydrogen (secondary N) is 3. The Morgan fingerprint density at radius 1 is 1.05 bits per heavy atom. The first-order valence-corrected chi connectivity index (χ1v) is 13.6. The van der Waals surface area contributed by atoms with Crippen LogP contribution in [0.1, 0.15) is 7.43 Å². The molecule has 7 heterocycles. The number of aliphatic carboxylic acids is 2. The van der Waals surface area contributed by atoms with Gasteiger partial charge in [-0.15, -0.1) is 23.5 Å². The van der Waals surface area contributed by atoms with Gasteiger partial charge in [-0.3, -0.25) is 41.3 Å². The molecule has 3 spiro atoms. The molecule has 5 N–H and O–H groups in total. The number of thioether (sulfide) groups is 3. The van der Waals surface area contributed by atoms with E-state index in [1.807, 2.05) is 16.3 Å². The Bertz CT molecular complexity index is 998. The summed E-state index contributed by atoms with van der Waals surface area (Å²) in [6.07, 6.45) is 0. The molecule has 37 heavy (non-hydrogen) atoms. The number of nitrogens with zero attached hydrogens (tertiary/aromatic N) is 4. The molecule has 6 atom stereocenters. The first-order valence-electron chi connectivity index (χ1n) is 10.6. The Kier molecular flexibility index (Phi) is 9.10. The number of carboxylic acid groups (broad SMARTS) is 2. The number of carbonyl (C=O) groups excluding carboxylic acids is 2. The molecular weight excluding hydrogens is 620 g/mol. The summed E-state index contributed by atoms with van der Waals surface area (Å²) in [6, 6.07) is -1.29. The Labute approximate surface area is 251 Å². The predicted octanol–water partition coefficient (Wildman–Crippen LogP) is -1.97. The molecule has 7 aliphatic rings. The monoisotopic (exact) mass is 647 g/mol. The van der Waals surface area contributed by atoms with E-state index in [0.717, 1.165) is 0 Å². The fourth-order valence-corrected chi connectivity index (χ4v) is 10.1. The van der Waals surface area contributed by atoms with E-state index in [1.165, 1.54) is 11.8 Å². The smallest absolute Gasteiger partial charge is 0.321 e. The summed E-state index contributed by atoms with van der Waals surface area (Å²) in [7, 11) is 3.51. The number of hydrogen-bond donors (Lipinski definition) is 5. The summed E-state index contributed by atoms with van der Waals surface area (Å²) in [6.45, 7) is 3.10. The first kappa shape index (κ1) is 31.4. The van der Waals surface area contributed by atoms with E-state index in [1.54, 1.807) is 33.3 Å². The topological polar surface area (TPSA) is 168 Å². The average molecular weight is 648 g/mol. The van der Waals surface area contributed by atoms with Gasteiger partial charge in [-0.25, -0.2) is 16.3 Å². The van der Waals surface area contributed by atoms with Gasteiger partial charge >= 0.3 is 11.9 Å². The quantitative estimate of drug-likeness (QED) is 0.169. The van der Waals surface area contributed by atoms with Gasteiger partial charge in [0.25, 0.3) is 0 Å². The fraction of sp³-hybridized carbons (Fsp3) is 0.684. The van der Waals surface area contributed by atoms with Crippen LogP contribution in [0.2, 0.25) is 0 Å². The summed E-state index contributed by atoms with van der Waals surface area (Å²) in [4.78, 5) is 53.6. The third kappa shape index (κ3) is 4.30. The van der Waals surface area contributed by atoms with Crippen molar-refractivity contribution in [2.24, 2.45) is 0 Å². The molecule has 0 aromatic rings. The van der Waals surface area contributed by atoms with E-state index in [0.29, 0.717) is 37.1 Å².